The summed E-state index contributed by atoms with van der Waals surface area (Å²) in [6.07, 6.45) is -1.29. The Labute approximate surface area is 236 Å². The van der Waals surface area contributed by atoms with Gasteiger partial charge in [-0.3, -0.25) is 4.57 Å². The SMILES string of the molecule is CO[C@@H]1[C@H](OC(=O)c2ccccc2)[C@@H](COC(=O)c2ccccc2)O[C@H]1n1ccc(C=C(O)CCC(C)O)nc1=O. The predicted molar refractivity (Wildman–Crippen MR) is 147 cm³/mol. The largest absolute Gasteiger partial charge is 0.512 e. The maximum Gasteiger partial charge on any atom is 0.350 e. The molecule has 4 rings (SSSR count). The number of aromatic nitrogens is 2. The summed E-state index contributed by atoms with van der Waals surface area (Å²) in [6.45, 7) is 1.33. The number of allylic oxidation sites excluding steroid dienone is 1. The molecular formula is C30H32N2O9. The minimum absolute atomic E-state index is 0.0318. The summed E-state index contributed by atoms with van der Waals surface area (Å²) in [7, 11) is 1.39. The van der Waals surface area contributed by atoms with Gasteiger partial charge in [-0.25, -0.2) is 14.4 Å². The lowest BCUT2D eigenvalue weighted by atomic mass is 10.1. The highest BCUT2D eigenvalue weighted by Gasteiger charge is 2.49. The molecule has 1 fully saturated rings. The van der Waals surface area contributed by atoms with E-state index >= 15 is 0 Å². The molecule has 0 aliphatic carbocycles. The third-order valence-electron chi connectivity index (χ3n) is 6.46. The van der Waals surface area contributed by atoms with Gasteiger partial charge in [0.05, 0.1) is 28.7 Å². The number of carbonyl (C=O) groups is 2. The summed E-state index contributed by atoms with van der Waals surface area (Å²) in [4.78, 5) is 42.6. The molecule has 1 aliphatic rings. The van der Waals surface area contributed by atoms with E-state index in [1.54, 1.807) is 67.6 Å². The van der Waals surface area contributed by atoms with E-state index in [2.05, 4.69) is 4.98 Å². The second kappa shape index (κ2) is 13.8. The molecule has 216 valence electrons. The summed E-state index contributed by atoms with van der Waals surface area (Å²) < 4.78 is 24.2. The number of hydrogen-bond acceptors (Lipinski definition) is 10. The van der Waals surface area contributed by atoms with Crippen molar-refractivity contribution in [3.8, 4) is 0 Å². The second-order valence-corrected chi connectivity index (χ2v) is 9.53. The number of hydrogen-bond donors (Lipinski definition) is 2. The predicted octanol–water partition coefficient (Wildman–Crippen LogP) is 3.30. The lowest BCUT2D eigenvalue weighted by Gasteiger charge is -2.23. The molecule has 1 saturated heterocycles. The molecule has 2 N–H and O–H groups in total. The molecule has 0 amide bonds. The van der Waals surface area contributed by atoms with Gasteiger partial charge in [0, 0.05) is 25.8 Å². The lowest BCUT2D eigenvalue weighted by molar-refractivity contribution is -0.0657. The van der Waals surface area contributed by atoms with Crippen molar-refractivity contribution in [1.82, 2.24) is 9.55 Å². The van der Waals surface area contributed by atoms with Gasteiger partial charge in [0.2, 0.25) is 0 Å². The Morgan fingerprint density at radius 3 is 2.24 bits per heavy atom. The summed E-state index contributed by atoms with van der Waals surface area (Å²) in [6, 6.07) is 18.2. The fourth-order valence-corrected chi connectivity index (χ4v) is 4.34. The Morgan fingerprint density at radius 1 is 1.02 bits per heavy atom. The number of esters is 2. The molecule has 0 spiro atoms. The zero-order valence-corrected chi connectivity index (χ0v) is 22.7. The summed E-state index contributed by atoms with van der Waals surface area (Å²) in [5, 5.41) is 19.5. The van der Waals surface area contributed by atoms with E-state index < -0.39 is 48.3 Å². The number of aliphatic hydroxyl groups excluding tert-OH is 2. The van der Waals surface area contributed by atoms with Crippen LogP contribution in [0.3, 0.4) is 0 Å². The molecule has 5 atom stereocenters. The zero-order chi connectivity index (χ0) is 29.4. The highest BCUT2D eigenvalue weighted by atomic mass is 16.6. The molecule has 3 aromatic rings. The van der Waals surface area contributed by atoms with Gasteiger partial charge in [-0.2, -0.15) is 4.98 Å². The Bertz CT molecular complexity index is 1410. The normalized spacial score (nSPS) is 21.3. The van der Waals surface area contributed by atoms with Gasteiger partial charge in [0.15, 0.2) is 12.3 Å². The Kier molecular flexibility index (Phi) is 10.0. The van der Waals surface area contributed by atoms with E-state index in [9.17, 15) is 24.6 Å². The number of nitrogens with zero attached hydrogens (tertiary/aromatic N) is 2. The summed E-state index contributed by atoms with van der Waals surface area (Å²) in [5.74, 6) is -1.26. The molecular weight excluding hydrogens is 532 g/mol. The molecule has 11 nitrogen and oxygen atoms in total. The van der Waals surface area contributed by atoms with Crippen molar-refractivity contribution in [3.63, 3.8) is 0 Å². The van der Waals surface area contributed by atoms with Gasteiger partial charge < -0.3 is 29.2 Å². The lowest BCUT2D eigenvalue weighted by Crippen LogP contribution is -2.41. The molecule has 1 aromatic heterocycles. The number of carbonyl (C=O) groups excluding carboxylic acids is 2. The van der Waals surface area contributed by atoms with Crippen molar-refractivity contribution in [1.29, 1.82) is 0 Å². The average molecular weight is 565 g/mol. The van der Waals surface area contributed by atoms with Gasteiger partial charge in [0.1, 0.15) is 18.8 Å². The average Bonchev–Trinajstić information content (AvgIpc) is 3.32. The first-order valence-electron chi connectivity index (χ1n) is 13.1. The number of methoxy groups -OCH3 is 1. The van der Waals surface area contributed by atoms with E-state index in [-0.39, 0.29) is 24.5 Å². The summed E-state index contributed by atoms with van der Waals surface area (Å²) >= 11 is 0. The Hall–Kier alpha value is -4.32. The van der Waals surface area contributed by atoms with Gasteiger partial charge in [-0.05, 0) is 43.7 Å². The van der Waals surface area contributed by atoms with Gasteiger partial charge >= 0.3 is 17.6 Å². The number of ether oxygens (including phenoxy) is 4. The van der Waals surface area contributed by atoms with E-state index in [4.69, 9.17) is 18.9 Å². The first-order chi connectivity index (χ1) is 19.8. The monoisotopic (exact) mass is 564 g/mol. The molecule has 41 heavy (non-hydrogen) atoms. The van der Waals surface area contributed by atoms with Crippen LogP contribution in [0.1, 0.15) is 52.4 Å². The fourth-order valence-electron chi connectivity index (χ4n) is 4.34. The van der Waals surface area contributed by atoms with E-state index in [0.29, 0.717) is 17.5 Å². The maximum absolute atomic E-state index is 13.0. The van der Waals surface area contributed by atoms with Gasteiger partial charge in [0.25, 0.3) is 0 Å². The van der Waals surface area contributed by atoms with Crippen molar-refractivity contribution in [2.24, 2.45) is 0 Å². The number of benzene rings is 2. The molecule has 2 heterocycles. The van der Waals surface area contributed by atoms with Crippen LogP contribution in [0.15, 0.2) is 83.5 Å². The van der Waals surface area contributed by atoms with E-state index in [1.165, 1.54) is 30.0 Å². The van der Waals surface area contributed by atoms with Crippen LogP contribution >= 0.6 is 0 Å². The van der Waals surface area contributed by atoms with Crippen molar-refractivity contribution in [2.75, 3.05) is 13.7 Å². The third-order valence-corrected chi connectivity index (χ3v) is 6.46. The topological polar surface area (TPSA) is 146 Å². The molecule has 11 heteroatoms. The van der Waals surface area contributed by atoms with Crippen LogP contribution in [0.25, 0.3) is 6.08 Å². The van der Waals surface area contributed by atoms with E-state index in [1.807, 2.05) is 0 Å². The first-order valence-corrected chi connectivity index (χ1v) is 13.1. The summed E-state index contributed by atoms with van der Waals surface area (Å²) in [5.41, 5.74) is 0.144. The third kappa shape index (κ3) is 7.66. The molecule has 1 aliphatic heterocycles. The number of aliphatic hydroxyl groups is 2. The number of rotatable bonds is 11. The molecule has 0 bridgehead atoms. The standard InChI is InChI=1S/C30H32N2O9/c1-19(33)13-14-23(34)17-22-15-16-32(30(37)31-22)27-26(38-2)25(41-29(36)21-11-7-4-8-12-21)24(40-27)18-39-28(35)20-9-5-3-6-10-20/h3-12,15-17,19,24-27,33-34H,13-14,18H2,1-2H3/t19?,24-,25-,26-,27-/m1/s1. The smallest absolute Gasteiger partial charge is 0.350 e. The first kappa shape index (κ1) is 29.7. The Morgan fingerprint density at radius 2 is 1.66 bits per heavy atom. The van der Waals surface area contributed by atoms with Crippen LogP contribution in [0, 0.1) is 0 Å². The van der Waals surface area contributed by atoms with Crippen LogP contribution in [-0.2, 0) is 18.9 Å². The van der Waals surface area contributed by atoms with Crippen molar-refractivity contribution < 1.29 is 38.7 Å². The van der Waals surface area contributed by atoms with Crippen molar-refractivity contribution >= 4 is 18.0 Å². The molecule has 0 radical (unpaired) electrons. The van der Waals surface area contributed by atoms with Crippen LogP contribution in [0.4, 0.5) is 0 Å². The molecule has 0 saturated carbocycles. The molecule has 2 aromatic carbocycles. The van der Waals surface area contributed by atoms with Gasteiger partial charge in [-0.15, -0.1) is 0 Å². The Balaban J connectivity index is 1.57. The highest BCUT2D eigenvalue weighted by Crippen LogP contribution is 2.33. The van der Waals surface area contributed by atoms with Crippen molar-refractivity contribution in [2.45, 2.75) is 50.4 Å². The van der Waals surface area contributed by atoms with Crippen LogP contribution in [-0.4, -0.2) is 69.8 Å². The van der Waals surface area contributed by atoms with Crippen molar-refractivity contribution in [3.05, 3.63) is 106 Å². The minimum atomic E-state index is -1.07. The molecule has 1 unspecified atom stereocenters. The maximum atomic E-state index is 13.0. The zero-order valence-electron chi connectivity index (χ0n) is 22.7. The fraction of sp³-hybridized carbons (Fsp3) is 0.333. The van der Waals surface area contributed by atoms with E-state index in [0.717, 1.165) is 0 Å². The minimum Gasteiger partial charge on any atom is -0.512 e. The second-order valence-electron chi connectivity index (χ2n) is 9.53. The van der Waals surface area contributed by atoms with Crippen LogP contribution in [0.5, 0.6) is 0 Å². The highest BCUT2D eigenvalue weighted by molar-refractivity contribution is 5.90. The van der Waals surface area contributed by atoms with Gasteiger partial charge in [-0.1, -0.05) is 36.4 Å². The van der Waals surface area contributed by atoms with Crippen LogP contribution < -0.4 is 5.69 Å². The quantitative estimate of drug-likeness (QED) is 0.263. The van der Waals surface area contributed by atoms with Crippen LogP contribution in [0.2, 0.25) is 0 Å².